The van der Waals surface area contributed by atoms with Crippen molar-refractivity contribution in [3.63, 3.8) is 0 Å². The Morgan fingerprint density at radius 1 is 0.586 bits per heavy atom. The monoisotopic (exact) mass is 773 g/mol. The third kappa shape index (κ3) is 8.20. The van der Waals surface area contributed by atoms with Crippen LogP contribution in [-0.4, -0.2) is 67.8 Å². The fourth-order valence-corrected chi connectivity index (χ4v) is 6.61. The Kier molecular flexibility index (Phi) is 11.0. The van der Waals surface area contributed by atoms with Crippen molar-refractivity contribution in [1.29, 1.82) is 0 Å². The van der Waals surface area contributed by atoms with Gasteiger partial charge < -0.3 is 23.5 Å². The number of imidazole rings is 1. The highest BCUT2D eigenvalue weighted by Gasteiger charge is 2.52. The van der Waals surface area contributed by atoms with Gasteiger partial charge in [-0.15, -0.1) is 0 Å². The first kappa shape index (κ1) is 37.4. The lowest BCUT2D eigenvalue weighted by Gasteiger charge is -2.25. The van der Waals surface area contributed by atoms with Crippen molar-refractivity contribution >= 4 is 35.0 Å². The number of fused-ring (bicyclic) bond motifs is 1. The summed E-state index contributed by atoms with van der Waals surface area (Å²) in [6.45, 7) is -0.0272. The summed E-state index contributed by atoms with van der Waals surface area (Å²) in [5.41, 5.74) is 2.72. The normalized spacial score (nSPS) is 17.8. The molecule has 5 aromatic carbocycles. The van der Waals surface area contributed by atoms with Gasteiger partial charge in [0.05, 0.1) is 35.9 Å². The number of aromatic nitrogens is 4. The summed E-state index contributed by atoms with van der Waals surface area (Å²) in [5.74, 6) is -2.65. The standard InChI is InChI=1S/C45H35N5O8/c51-41(31-18-8-2-9-19-31)48-39-36-40(49(28-46-39)26-30-16-6-1-7-17-30)47-29-50(36)42-38(58-45(54)34-24-14-5-15-25-34)37(57-44(53)33-22-12-4-13-23-33)35(56-42)27-55-43(52)32-20-10-3-11-21-32/h1-25,28-29,35,37-38,42H,26-27H2/t35-,37-,38+,42+/m1/s1. The molecule has 1 amide bonds. The Balaban J connectivity index is 1.26. The Morgan fingerprint density at radius 2 is 1.09 bits per heavy atom. The van der Waals surface area contributed by atoms with Gasteiger partial charge in [-0.1, -0.05) is 103 Å². The molecule has 1 saturated heterocycles. The summed E-state index contributed by atoms with van der Waals surface area (Å²) in [5, 5.41) is 0. The van der Waals surface area contributed by atoms with Crippen LogP contribution in [0.1, 0.15) is 53.2 Å². The lowest BCUT2D eigenvalue weighted by atomic mass is 10.1. The molecule has 0 saturated carbocycles. The summed E-state index contributed by atoms with van der Waals surface area (Å²) in [4.78, 5) is 68.1. The van der Waals surface area contributed by atoms with E-state index in [4.69, 9.17) is 23.9 Å². The number of benzene rings is 5. The molecule has 4 atom stereocenters. The van der Waals surface area contributed by atoms with Gasteiger partial charge in [0.1, 0.15) is 18.2 Å². The maximum Gasteiger partial charge on any atom is 0.338 e. The minimum absolute atomic E-state index is 0.0131. The maximum atomic E-state index is 13.9. The zero-order valence-corrected chi connectivity index (χ0v) is 30.8. The number of hydrogen-bond acceptors (Lipinski definition) is 10. The first-order valence-electron chi connectivity index (χ1n) is 18.4. The van der Waals surface area contributed by atoms with E-state index in [9.17, 15) is 19.2 Å². The van der Waals surface area contributed by atoms with Crippen LogP contribution in [0.4, 0.5) is 0 Å². The van der Waals surface area contributed by atoms with Crippen LogP contribution in [0.2, 0.25) is 0 Å². The van der Waals surface area contributed by atoms with Crippen molar-refractivity contribution in [3.05, 3.63) is 198 Å². The number of esters is 3. The molecule has 0 unspecified atom stereocenters. The van der Waals surface area contributed by atoms with Crippen LogP contribution in [0.5, 0.6) is 0 Å². The maximum absolute atomic E-state index is 13.9. The number of rotatable bonds is 11. The number of hydrogen-bond donors (Lipinski definition) is 0. The zero-order valence-electron chi connectivity index (χ0n) is 30.8. The lowest BCUT2D eigenvalue weighted by molar-refractivity contribution is -0.0605. The average Bonchev–Trinajstić information content (AvgIpc) is 3.87. The molecule has 1 aliphatic rings. The second kappa shape index (κ2) is 17.1. The van der Waals surface area contributed by atoms with Gasteiger partial charge in [0.2, 0.25) is 0 Å². The van der Waals surface area contributed by atoms with E-state index in [2.05, 4.69) is 9.98 Å². The Morgan fingerprint density at radius 3 is 1.66 bits per heavy atom. The van der Waals surface area contributed by atoms with Gasteiger partial charge in [0, 0.05) is 5.56 Å². The number of carbonyl (C=O) groups excluding carboxylic acids is 4. The van der Waals surface area contributed by atoms with E-state index in [1.165, 1.54) is 6.33 Å². The van der Waals surface area contributed by atoms with Crippen LogP contribution in [0.3, 0.4) is 0 Å². The van der Waals surface area contributed by atoms with Crippen LogP contribution in [0, 0.1) is 0 Å². The second-order valence-corrected chi connectivity index (χ2v) is 13.3. The smallest absolute Gasteiger partial charge is 0.338 e. The van der Waals surface area contributed by atoms with Crippen LogP contribution >= 0.6 is 0 Å². The highest BCUT2D eigenvalue weighted by Crippen LogP contribution is 2.37. The van der Waals surface area contributed by atoms with Crippen LogP contribution < -0.4 is 5.49 Å². The number of nitrogens with zero attached hydrogens (tertiary/aromatic N) is 5. The van der Waals surface area contributed by atoms with Crippen molar-refractivity contribution < 1.29 is 38.1 Å². The summed E-state index contributed by atoms with van der Waals surface area (Å²) in [7, 11) is 0. The Labute approximate surface area is 331 Å². The van der Waals surface area contributed by atoms with Crippen LogP contribution in [-0.2, 0) is 25.5 Å². The molecule has 13 nitrogen and oxygen atoms in total. The van der Waals surface area contributed by atoms with E-state index in [1.807, 2.05) is 30.3 Å². The van der Waals surface area contributed by atoms with Crippen molar-refractivity contribution in [2.24, 2.45) is 4.99 Å². The van der Waals surface area contributed by atoms with E-state index in [1.54, 1.807) is 137 Å². The van der Waals surface area contributed by atoms with Crippen molar-refractivity contribution in [2.75, 3.05) is 6.61 Å². The minimum atomic E-state index is -1.35. The quantitative estimate of drug-likeness (QED) is 0.109. The predicted octanol–water partition coefficient (Wildman–Crippen LogP) is 6.23. The highest BCUT2D eigenvalue weighted by molar-refractivity contribution is 5.95. The number of amides is 1. The topological polar surface area (TPSA) is 153 Å². The molecule has 0 aliphatic carbocycles. The molecule has 7 aromatic rings. The number of carbonyl (C=O) groups is 4. The zero-order chi connectivity index (χ0) is 39.8. The molecule has 1 aliphatic heterocycles. The van der Waals surface area contributed by atoms with Crippen LogP contribution in [0.25, 0.3) is 11.2 Å². The van der Waals surface area contributed by atoms with Gasteiger partial charge in [-0.05, 0) is 54.1 Å². The van der Waals surface area contributed by atoms with E-state index in [-0.39, 0.29) is 28.7 Å². The fourth-order valence-electron chi connectivity index (χ4n) is 6.61. The van der Waals surface area contributed by atoms with E-state index in [0.29, 0.717) is 23.3 Å². The molecule has 0 N–H and O–H groups in total. The van der Waals surface area contributed by atoms with Crippen molar-refractivity contribution in [1.82, 2.24) is 19.1 Å². The average molecular weight is 774 g/mol. The van der Waals surface area contributed by atoms with Crippen molar-refractivity contribution in [2.45, 2.75) is 31.1 Å². The molecule has 13 heteroatoms. The first-order chi connectivity index (χ1) is 28.4. The largest absolute Gasteiger partial charge is 0.459 e. The van der Waals surface area contributed by atoms with Gasteiger partial charge in [-0.2, -0.15) is 4.99 Å². The van der Waals surface area contributed by atoms with Crippen molar-refractivity contribution in [3.8, 4) is 0 Å². The van der Waals surface area contributed by atoms with Gasteiger partial charge in [-0.3, -0.25) is 9.36 Å². The van der Waals surface area contributed by atoms with Crippen LogP contribution in [0.15, 0.2) is 169 Å². The Bertz CT molecular complexity index is 2620. The molecule has 1 fully saturated rings. The second-order valence-electron chi connectivity index (χ2n) is 13.3. The highest BCUT2D eigenvalue weighted by atomic mass is 16.7. The third-order valence-corrected chi connectivity index (χ3v) is 9.45. The summed E-state index contributed by atoms with van der Waals surface area (Å²) < 4.78 is 28.0. The first-order valence-corrected chi connectivity index (χ1v) is 18.4. The molecule has 0 spiro atoms. The summed E-state index contributed by atoms with van der Waals surface area (Å²) >= 11 is 0. The van der Waals surface area contributed by atoms with E-state index >= 15 is 0 Å². The van der Waals surface area contributed by atoms with E-state index < -0.39 is 48.4 Å². The fraction of sp³-hybridized carbons (Fsp3) is 0.133. The SMILES string of the molecule is O=C(N=c1ncn(Cc2ccccc2)c2ncn([C@H]3O[C@H](COC(=O)c4ccccc4)[C@@H](OC(=O)c4ccccc4)[C@@H]3OC(=O)c3ccccc3)c12)c1ccccc1. The molecular formula is C45H35N5O8. The molecule has 0 bridgehead atoms. The lowest BCUT2D eigenvalue weighted by Crippen LogP contribution is -2.41. The summed E-state index contributed by atoms with van der Waals surface area (Å²) in [6, 6.07) is 43.2. The van der Waals surface area contributed by atoms with Gasteiger partial charge in [-0.25, -0.2) is 24.4 Å². The summed E-state index contributed by atoms with van der Waals surface area (Å²) in [6.07, 6.45) is -2.08. The number of ether oxygens (including phenoxy) is 4. The molecular weight excluding hydrogens is 739 g/mol. The minimum Gasteiger partial charge on any atom is -0.459 e. The van der Waals surface area contributed by atoms with Gasteiger partial charge in [0.25, 0.3) is 5.91 Å². The molecule has 8 rings (SSSR count). The molecule has 2 aromatic heterocycles. The van der Waals surface area contributed by atoms with E-state index in [0.717, 1.165) is 5.56 Å². The Hall–Kier alpha value is -7.51. The molecule has 0 radical (unpaired) electrons. The molecule has 58 heavy (non-hydrogen) atoms. The van der Waals surface area contributed by atoms with Gasteiger partial charge in [0.15, 0.2) is 29.6 Å². The van der Waals surface area contributed by atoms with Gasteiger partial charge >= 0.3 is 17.9 Å². The predicted molar refractivity (Wildman–Crippen MR) is 209 cm³/mol. The molecule has 3 heterocycles. The molecule has 288 valence electrons. The third-order valence-electron chi connectivity index (χ3n) is 9.45.